The van der Waals surface area contributed by atoms with Crippen molar-refractivity contribution in [2.75, 3.05) is 11.4 Å². The van der Waals surface area contributed by atoms with Crippen molar-refractivity contribution in [3.05, 3.63) is 54.4 Å². The van der Waals surface area contributed by atoms with E-state index in [4.69, 9.17) is 4.74 Å². The minimum absolute atomic E-state index is 0.121. The molecule has 0 saturated carbocycles. The summed E-state index contributed by atoms with van der Waals surface area (Å²) >= 11 is 0. The number of para-hydroxylation sites is 4. The number of benzene rings is 2. The summed E-state index contributed by atoms with van der Waals surface area (Å²) in [6.07, 6.45) is -0.350. The Balaban J connectivity index is 1.40. The minimum Gasteiger partial charge on any atom is -0.479 e. The quantitative estimate of drug-likeness (QED) is 0.700. The number of imidazole rings is 1. The van der Waals surface area contributed by atoms with Crippen molar-refractivity contribution in [2.24, 2.45) is 0 Å². The molecule has 1 aromatic heterocycles. The smallest absolute Gasteiger partial charge is 0.267 e. The van der Waals surface area contributed by atoms with Gasteiger partial charge in [0.1, 0.15) is 11.6 Å². The van der Waals surface area contributed by atoms with Crippen molar-refractivity contribution in [1.82, 2.24) is 14.9 Å². The second-order valence-corrected chi connectivity index (χ2v) is 7.01. The van der Waals surface area contributed by atoms with Crippen LogP contribution in [0.4, 0.5) is 5.69 Å². The zero-order valence-corrected chi connectivity index (χ0v) is 16.6. The molecule has 4 rings (SSSR count). The number of nitrogens with one attached hydrogen (secondary N) is 1. The second-order valence-electron chi connectivity index (χ2n) is 7.01. The Morgan fingerprint density at radius 3 is 2.76 bits per heavy atom. The number of amides is 2. The molecule has 1 unspecified atom stereocenters. The number of aromatic nitrogens is 2. The van der Waals surface area contributed by atoms with E-state index in [1.165, 1.54) is 0 Å². The predicted octanol–water partition coefficient (Wildman–Crippen LogP) is 2.88. The van der Waals surface area contributed by atoms with Crippen LogP contribution in [0, 0.1) is 0 Å². The Kier molecular flexibility index (Phi) is 5.20. The summed E-state index contributed by atoms with van der Waals surface area (Å²) < 4.78 is 7.73. The van der Waals surface area contributed by atoms with Gasteiger partial charge in [-0.15, -0.1) is 0 Å². The number of rotatable bonds is 6. The van der Waals surface area contributed by atoms with E-state index in [1.807, 2.05) is 48.5 Å². The lowest BCUT2D eigenvalue weighted by atomic mass is 10.1. The standard InChI is InChI=1S/C22H24N4O3/c1-3-25-17-9-5-4-8-16(17)24-20(25)14-23-21(27)12-13-26-18-10-6-7-11-19(18)29-15(2)22(26)28/h4-11,15H,3,12-14H2,1-2H3,(H,23,27). The Hall–Kier alpha value is -3.35. The van der Waals surface area contributed by atoms with E-state index < -0.39 is 6.10 Å². The molecule has 1 aliphatic rings. The highest BCUT2D eigenvalue weighted by Gasteiger charge is 2.31. The highest BCUT2D eigenvalue weighted by Crippen LogP contribution is 2.33. The molecule has 1 N–H and O–H groups in total. The van der Waals surface area contributed by atoms with Crippen molar-refractivity contribution >= 4 is 28.5 Å². The van der Waals surface area contributed by atoms with Crippen LogP contribution in [-0.4, -0.2) is 34.0 Å². The number of carbonyl (C=O) groups excluding carboxylic acids is 2. The zero-order valence-electron chi connectivity index (χ0n) is 16.6. The molecule has 0 radical (unpaired) electrons. The first-order valence-electron chi connectivity index (χ1n) is 9.86. The molecule has 0 fully saturated rings. The first-order valence-corrected chi connectivity index (χ1v) is 9.86. The van der Waals surface area contributed by atoms with Gasteiger partial charge in [-0.1, -0.05) is 24.3 Å². The third-order valence-electron chi connectivity index (χ3n) is 5.13. The normalized spacial score (nSPS) is 15.9. The number of aryl methyl sites for hydroxylation is 1. The molecule has 0 bridgehead atoms. The summed E-state index contributed by atoms with van der Waals surface area (Å²) in [6, 6.07) is 15.3. The fourth-order valence-corrected chi connectivity index (χ4v) is 3.68. The third kappa shape index (κ3) is 3.68. The summed E-state index contributed by atoms with van der Waals surface area (Å²) in [5.41, 5.74) is 2.68. The van der Waals surface area contributed by atoms with E-state index in [-0.39, 0.29) is 18.2 Å². The van der Waals surface area contributed by atoms with E-state index >= 15 is 0 Å². The van der Waals surface area contributed by atoms with Crippen LogP contribution < -0.4 is 15.0 Å². The lowest BCUT2D eigenvalue weighted by molar-refractivity contribution is -0.125. The van der Waals surface area contributed by atoms with Crippen molar-refractivity contribution in [2.45, 2.75) is 39.5 Å². The summed E-state index contributed by atoms with van der Waals surface area (Å²) in [7, 11) is 0. The van der Waals surface area contributed by atoms with Crippen LogP contribution in [0.15, 0.2) is 48.5 Å². The van der Waals surface area contributed by atoms with Gasteiger partial charge in [-0.3, -0.25) is 9.59 Å². The van der Waals surface area contributed by atoms with Crippen LogP contribution in [0.3, 0.4) is 0 Å². The molecule has 7 nitrogen and oxygen atoms in total. The van der Waals surface area contributed by atoms with Gasteiger partial charge < -0.3 is 19.5 Å². The fourth-order valence-electron chi connectivity index (χ4n) is 3.68. The molecular weight excluding hydrogens is 368 g/mol. The number of fused-ring (bicyclic) bond motifs is 2. The summed E-state index contributed by atoms with van der Waals surface area (Å²) in [6.45, 7) is 5.22. The van der Waals surface area contributed by atoms with Crippen LogP contribution in [-0.2, 0) is 22.7 Å². The van der Waals surface area contributed by atoms with Crippen LogP contribution in [0.1, 0.15) is 26.1 Å². The molecule has 7 heteroatoms. The van der Waals surface area contributed by atoms with Gasteiger partial charge in [-0.25, -0.2) is 4.98 Å². The second kappa shape index (κ2) is 7.95. The van der Waals surface area contributed by atoms with E-state index in [0.717, 1.165) is 23.4 Å². The number of anilines is 1. The van der Waals surface area contributed by atoms with E-state index in [2.05, 4.69) is 21.8 Å². The maximum atomic E-state index is 12.5. The van der Waals surface area contributed by atoms with Gasteiger partial charge in [-0.2, -0.15) is 0 Å². The largest absolute Gasteiger partial charge is 0.479 e. The minimum atomic E-state index is -0.558. The molecule has 2 aromatic carbocycles. The average Bonchev–Trinajstić information content (AvgIpc) is 3.10. The maximum absolute atomic E-state index is 12.5. The van der Waals surface area contributed by atoms with E-state index in [1.54, 1.807) is 11.8 Å². The van der Waals surface area contributed by atoms with Crippen molar-refractivity contribution in [3.8, 4) is 5.75 Å². The highest BCUT2D eigenvalue weighted by molar-refractivity contribution is 6.00. The first kappa shape index (κ1) is 19.0. The lowest BCUT2D eigenvalue weighted by Crippen LogP contribution is -2.45. The molecule has 0 spiro atoms. The lowest BCUT2D eigenvalue weighted by Gasteiger charge is -2.32. The molecule has 1 atom stereocenters. The summed E-state index contributed by atoms with van der Waals surface area (Å²) in [5.74, 6) is 1.23. The molecule has 2 amide bonds. The molecule has 3 aromatic rings. The van der Waals surface area contributed by atoms with Gasteiger partial charge in [0.25, 0.3) is 5.91 Å². The van der Waals surface area contributed by atoms with E-state index in [0.29, 0.717) is 24.5 Å². The van der Waals surface area contributed by atoms with Crippen LogP contribution >= 0.6 is 0 Å². The molecule has 2 heterocycles. The van der Waals surface area contributed by atoms with Gasteiger partial charge >= 0.3 is 0 Å². The molecule has 150 valence electrons. The van der Waals surface area contributed by atoms with Gasteiger partial charge in [0, 0.05) is 19.5 Å². The van der Waals surface area contributed by atoms with Crippen molar-refractivity contribution < 1.29 is 14.3 Å². The number of hydrogen-bond donors (Lipinski definition) is 1. The SMILES string of the molecule is CCn1c(CNC(=O)CCN2C(=O)C(C)Oc3ccccc32)nc2ccccc21. The van der Waals surface area contributed by atoms with Gasteiger partial charge in [0.05, 0.1) is 23.3 Å². The zero-order chi connectivity index (χ0) is 20.4. The van der Waals surface area contributed by atoms with E-state index in [9.17, 15) is 9.59 Å². The number of ether oxygens (including phenoxy) is 1. The predicted molar refractivity (Wildman–Crippen MR) is 111 cm³/mol. The van der Waals surface area contributed by atoms with Gasteiger partial charge in [0.2, 0.25) is 5.91 Å². The van der Waals surface area contributed by atoms with Crippen molar-refractivity contribution in [3.63, 3.8) is 0 Å². The Morgan fingerprint density at radius 2 is 1.93 bits per heavy atom. The Bertz CT molecular complexity index is 1060. The molecular formula is C22H24N4O3. The molecule has 0 saturated heterocycles. The highest BCUT2D eigenvalue weighted by atomic mass is 16.5. The number of carbonyl (C=O) groups is 2. The van der Waals surface area contributed by atoms with Crippen LogP contribution in [0.25, 0.3) is 11.0 Å². The van der Waals surface area contributed by atoms with Crippen LogP contribution in [0.2, 0.25) is 0 Å². The monoisotopic (exact) mass is 392 g/mol. The number of hydrogen-bond acceptors (Lipinski definition) is 4. The first-order chi connectivity index (χ1) is 14.1. The fraction of sp³-hybridized carbons (Fsp3) is 0.318. The van der Waals surface area contributed by atoms with Gasteiger partial charge in [0.15, 0.2) is 6.10 Å². The summed E-state index contributed by atoms with van der Waals surface area (Å²) in [5, 5.41) is 2.93. The summed E-state index contributed by atoms with van der Waals surface area (Å²) in [4.78, 5) is 31.2. The van der Waals surface area contributed by atoms with Gasteiger partial charge in [-0.05, 0) is 38.1 Å². The molecule has 29 heavy (non-hydrogen) atoms. The molecule has 1 aliphatic heterocycles. The maximum Gasteiger partial charge on any atom is 0.267 e. The Morgan fingerprint density at radius 1 is 1.17 bits per heavy atom. The third-order valence-corrected chi connectivity index (χ3v) is 5.13. The van der Waals surface area contributed by atoms with Crippen LogP contribution in [0.5, 0.6) is 5.75 Å². The topological polar surface area (TPSA) is 76.5 Å². The number of nitrogens with zero attached hydrogens (tertiary/aromatic N) is 3. The average molecular weight is 392 g/mol. The van der Waals surface area contributed by atoms with Crippen molar-refractivity contribution in [1.29, 1.82) is 0 Å². The molecule has 0 aliphatic carbocycles. The Labute approximate surface area is 169 Å².